The number of aryl methyl sites for hydroxylation is 2. The largest absolute Gasteiger partial charge is 0.323 e. The predicted molar refractivity (Wildman–Crippen MR) is 74.8 cm³/mol. The van der Waals surface area contributed by atoms with Crippen LogP contribution in [0.1, 0.15) is 47.2 Å². The third kappa shape index (κ3) is 2.79. The van der Waals surface area contributed by atoms with E-state index >= 15 is 0 Å². The minimum atomic E-state index is -0.00767. The zero-order valence-corrected chi connectivity index (χ0v) is 12.2. The lowest BCUT2D eigenvalue weighted by Crippen LogP contribution is -2.14. The van der Waals surface area contributed by atoms with Gasteiger partial charge >= 0.3 is 0 Å². The van der Waals surface area contributed by atoms with E-state index in [9.17, 15) is 0 Å². The first-order chi connectivity index (χ1) is 8.47. The zero-order chi connectivity index (χ0) is 13.3. The quantitative estimate of drug-likeness (QED) is 0.923. The average molecular weight is 264 g/mol. The second kappa shape index (κ2) is 5.20. The normalized spacial score (nSPS) is 13.2. The zero-order valence-electron chi connectivity index (χ0n) is 11.3. The van der Waals surface area contributed by atoms with Crippen LogP contribution in [0.2, 0.25) is 0 Å². The summed E-state index contributed by atoms with van der Waals surface area (Å²) in [7, 11) is 0. The van der Waals surface area contributed by atoms with Crippen LogP contribution >= 0.6 is 11.3 Å². The highest BCUT2D eigenvalue weighted by atomic mass is 32.1. The van der Waals surface area contributed by atoms with Crippen molar-refractivity contribution in [3.8, 4) is 0 Å². The highest BCUT2D eigenvalue weighted by molar-refractivity contribution is 7.11. The molecule has 0 bridgehead atoms. The van der Waals surface area contributed by atoms with Crippen molar-refractivity contribution >= 4 is 11.3 Å². The molecule has 0 saturated carbocycles. The van der Waals surface area contributed by atoms with Crippen LogP contribution in [0.25, 0.3) is 0 Å². The number of nitrogens with two attached hydrogens (primary N) is 1. The average Bonchev–Trinajstić information content (AvgIpc) is 2.85. The Morgan fingerprint density at radius 1 is 1.39 bits per heavy atom. The predicted octanol–water partition coefficient (Wildman–Crippen LogP) is 2.78. The molecule has 18 heavy (non-hydrogen) atoms. The van der Waals surface area contributed by atoms with Crippen molar-refractivity contribution in [2.24, 2.45) is 5.73 Å². The molecule has 2 aromatic heterocycles. The highest BCUT2D eigenvalue weighted by Crippen LogP contribution is 2.25. The molecule has 0 fully saturated rings. The summed E-state index contributed by atoms with van der Waals surface area (Å²) in [4.78, 5) is 5.59. The lowest BCUT2D eigenvalue weighted by molar-refractivity contribution is 0.523. The Labute approximate surface area is 112 Å². The number of hydrogen-bond acceptors (Lipinski definition) is 4. The fraction of sp³-hybridized carbons (Fsp3) is 0.538. The first-order valence-corrected chi connectivity index (χ1v) is 7.02. The summed E-state index contributed by atoms with van der Waals surface area (Å²) in [5.74, 6) is 0. The van der Waals surface area contributed by atoms with E-state index in [1.54, 1.807) is 11.3 Å². The summed E-state index contributed by atoms with van der Waals surface area (Å²) >= 11 is 1.68. The van der Waals surface area contributed by atoms with Gasteiger partial charge in [0, 0.05) is 29.6 Å². The minimum absolute atomic E-state index is 0.00767. The maximum Gasteiger partial charge on any atom is 0.0900 e. The van der Waals surface area contributed by atoms with Crippen molar-refractivity contribution in [3.63, 3.8) is 0 Å². The molecule has 5 heteroatoms. The van der Waals surface area contributed by atoms with Crippen LogP contribution < -0.4 is 5.73 Å². The van der Waals surface area contributed by atoms with Gasteiger partial charge in [-0.3, -0.25) is 4.68 Å². The molecule has 2 heterocycles. The first kappa shape index (κ1) is 13.2. The molecular formula is C13H20N4S. The second-order valence-corrected chi connectivity index (χ2v) is 6.11. The number of thiazole rings is 1. The molecule has 4 nitrogen and oxygen atoms in total. The number of nitrogens with zero attached hydrogens (tertiary/aromatic N) is 3. The van der Waals surface area contributed by atoms with Gasteiger partial charge in [0.2, 0.25) is 0 Å². The molecule has 0 saturated heterocycles. The van der Waals surface area contributed by atoms with E-state index in [2.05, 4.69) is 23.9 Å². The van der Waals surface area contributed by atoms with Gasteiger partial charge in [0.15, 0.2) is 0 Å². The Morgan fingerprint density at radius 2 is 2.11 bits per heavy atom. The van der Waals surface area contributed by atoms with Gasteiger partial charge in [-0.15, -0.1) is 11.3 Å². The highest BCUT2D eigenvalue weighted by Gasteiger charge is 2.15. The summed E-state index contributed by atoms with van der Waals surface area (Å²) < 4.78 is 1.97. The Balaban J connectivity index is 2.11. The van der Waals surface area contributed by atoms with Crippen molar-refractivity contribution < 1.29 is 0 Å². The fourth-order valence-electron chi connectivity index (χ4n) is 1.98. The summed E-state index contributed by atoms with van der Waals surface area (Å²) in [6.45, 7) is 8.27. The van der Waals surface area contributed by atoms with E-state index in [1.165, 1.54) is 4.88 Å². The minimum Gasteiger partial charge on any atom is -0.323 e. The Kier molecular flexibility index (Phi) is 3.82. The third-order valence-corrected chi connectivity index (χ3v) is 4.10. The van der Waals surface area contributed by atoms with Crippen LogP contribution in [0.3, 0.4) is 0 Å². The fourth-order valence-corrected chi connectivity index (χ4v) is 2.91. The summed E-state index contributed by atoms with van der Waals surface area (Å²) in [5, 5.41) is 5.61. The molecule has 0 amide bonds. The van der Waals surface area contributed by atoms with E-state index in [-0.39, 0.29) is 6.04 Å². The van der Waals surface area contributed by atoms with Crippen LogP contribution in [0, 0.1) is 13.8 Å². The lowest BCUT2D eigenvalue weighted by atomic mass is 10.1. The van der Waals surface area contributed by atoms with Crippen molar-refractivity contribution in [1.82, 2.24) is 14.8 Å². The molecule has 0 aliphatic carbocycles. The lowest BCUT2D eigenvalue weighted by Gasteiger charge is -2.09. The van der Waals surface area contributed by atoms with Gasteiger partial charge in [0.1, 0.15) is 0 Å². The Morgan fingerprint density at radius 3 is 2.61 bits per heavy atom. The molecule has 98 valence electrons. The number of aromatic nitrogens is 3. The second-order valence-electron chi connectivity index (χ2n) is 4.87. The van der Waals surface area contributed by atoms with Crippen LogP contribution in [0.5, 0.6) is 0 Å². The topological polar surface area (TPSA) is 56.7 Å². The SMILES string of the molecule is Cc1nc(C)c(C(N)Cc2ccn(C(C)C)n2)s1. The van der Waals surface area contributed by atoms with E-state index in [0.29, 0.717) is 6.04 Å². The number of hydrogen-bond donors (Lipinski definition) is 1. The van der Waals surface area contributed by atoms with Gasteiger partial charge < -0.3 is 5.73 Å². The van der Waals surface area contributed by atoms with Crippen molar-refractivity contribution in [2.45, 2.75) is 46.2 Å². The monoisotopic (exact) mass is 264 g/mol. The maximum absolute atomic E-state index is 6.25. The summed E-state index contributed by atoms with van der Waals surface area (Å²) in [5.41, 5.74) is 8.34. The molecule has 1 atom stereocenters. The molecule has 0 aromatic carbocycles. The van der Waals surface area contributed by atoms with Gasteiger partial charge in [0.05, 0.1) is 16.4 Å². The standard InChI is InChI=1S/C13H20N4S/c1-8(2)17-6-5-11(16-17)7-12(14)13-9(3)15-10(4)18-13/h5-6,8,12H,7,14H2,1-4H3. The van der Waals surface area contributed by atoms with Crippen LogP contribution in [0.4, 0.5) is 0 Å². The molecule has 2 N–H and O–H groups in total. The molecule has 0 aliphatic rings. The van der Waals surface area contributed by atoms with Gasteiger partial charge in [0.25, 0.3) is 0 Å². The first-order valence-electron chi connectivity index (χ1n) is 6.21. The molecule has 0 aliphatic heterocycles. The molecular weight excluding hydrogens is 244 g/mol. The van der Waals surface area contributed by atoms with E-state index in [4.69, 9.17) is 5.73 Å². The van der Waals surface area contributed by atoms with Gasteiger partial charge in [-0.05, 0) is 33.8 Å². The molecule has 2 rings (SSSR count). The van der Waals surface area contributed by atoms with Crippen molar-refractivity contribution in [2.75, 3.05) is 0 Å². The van der Waals surface area contributed by atoms with Gasteiger partial charge in [-0.25, -0.2) is 4.98 Å². The van der Waals surface area contributed by atoms with Crippen molar-refractivity contribution in [1.29, 1.82) is 0 Å². The van der Waals surface area contributed by atoms with E-state index < -0.39 is 0 Å². The van der Waals surface area contributed by atoms with Crippen LogP contribution in [-0.2, 0) is 6.42 Å². The van der Waals surface area contributed by atoms with Crippen molar-refractivity contribution in [3.05, 3.63) is 33.5 Å². The number of rotatable bonds is 4. The smallest absolute Gasteiger partial charge is 0.0900 e. The maximum atomic E-state index is 6.25. The van der Waals surface area contributed by atoms with Crippen LogP contribution in [0.15, 0.2) is 12.3 Å². The molecule has 2 aromatic rings. The Hall–Kier alpha value is -1.20. The third-order valence-electron chi connectivity index (χ3n) is 2.90. The summed E-state index contributed by atoms with van der Waals surface area (Å²) in [6.07, 6.45) is 2.78. The molecule has 0 spiro atoms. The van der Waals surface area contributed by atoms with Gasteiger partial charge in [-0.1, -0.05) is 0 Å². The summed E-state index contributed by atoms with van der Waals surface area (Å²) in [6, 6.07) is 2.43. The molecule has 1 unspecified atom stereocenters. The molecule has 0 radical (unpaired) electrons. The Bertz CT molecular complexity index is 527. The van der Waals surface area contributed by atoms with E-state index in [1.807, 2.05) is 30.8 Å². The van der Waals surface area contributed by atoms with E-state index in [0.717, 1.165) is 22.8 Å². The van der Waals surface area contributed by atoms with Crippen LogP contribution in [-0.4, -0.2) is 14.8 Å². The van der Waals surface area contributed by atoms with Gasteiger partial charge in [-0.2, -0.15) is 5.10 Å².